The van der Waals surface area contributed by atoms with Crippen molar-refractivity contribution < 1.29 is 19.5 Å². The van der Waals surface area contributed by atoms with Crippen LogP contribution in [0.5, 0.6) is 0 Å². The van der Waals surface area contributed by atoms with Crippen molar-refractivity contribution in [2.24, 2.45) is 11.8 Å². The highest BCUT2D eigenvalue weighted by Crippen LogP contribution is 2.71. The summed E-state index contributed by atoms with van der Waals surface area (Å²) in [5.74, 6) is -1.34. The average molecular weight is 566 g/mol. The van der Waals surface area contributed by atoms with Gasteiger partial charge in [-0.2, -0.15) is 0 Å². The molecule has 3 aliphatic heterocycles. The van der Waals surface area contributed by atoms with Crippen molar-refractivity contribution in [3.05, 3.63) is 55.6 Å². The molecule has 1 aliphatic carbocycles. The molecular weight excluding hydrogens is 522 g/mol. The van der Waals surface area contributed by atoms with Gasteiger partial charge in [0.1, 0.15) is 6.04 Å². The zero-order chi connectivity index (χ0) is 28.5. The number of para-hydroxylation sites is 1. The van der Waals surface area contributed by atoms with Gasteiger partial charge in [-0.15, -0.1) is 24.9 Å². The van der Waals surface area contributed by atoms with E-state index in [1.165, 1.54) is 6.42 Å². The molecule has 0 aromatic heterocycles. The first-order chi connectivity index (χ1) is 19.3. The first kappa shape index (κ1) is 28.9. The summed E-state index contributed by atoms with van der Waals surface area (Å²) in [6, 6.07) is 9.04. The molecule has 1 spiro atoms. The maximum Gasteiger partial charge on any atom is 0.247 e. The van der Waals surface area contributed by atoms with E-state index in [1.54, 1.807) is 33.7 Å². The molecule has 1 aromatic rings. The van der Waals surface area contributed by atoms with Crippen molar-refractivity contribution in [2.45, 2.75) is 79.9 Å². The summed E-state index contributed by atoms with van der Waals surface area (Å²) in [6.07, 6.45) is 10.7. The number of hydrogen-bond donors (Lipinski definition) is 1. The van der Waals surface area contributed by atoms with E-state index >= 15 is 0 Å². The zero-order valence-corrected chi connectivity index (χ0v) is 24.5. The summed E-state index contributed by atoms with van der Waals surface area (Å²) in [7, 11) is 0. The summed E-state index contributed by atoms with van der Waals surface area (Å²) >= 11 is 1.71. The van der Waals surface area contributed by atoms with Crippen molar-refractivity contribution in [3.8, 4) is 0 Å². The minimum atomic E-state index is -0.663. The Morgan fingerprint density at radius 2 is 1.77 bits per heavy atom. The van der Waals surface area contributed by atoms with Crippen LogP contribution in [0, 0.1) is 11.8 Å². The second-order valence-electron chi connectivity index (χ2n) is 12.0. The number of amides is 3. The fourth-order valence-electron chi connectivity index (χ4n) is 7.90. The maximum absolute atomic E-state index is 14.6. The predicted molar refractivity (Wildman–Crippen MR) is 160 cm³/mol. The number of carbonyl (C=O) groups excluding carboxylic acids is 3. The van der Waals surface area contributed by atoms with Crippen LogP contribution in [0.2, 0.25) is 0 Å². The Morgan fingerprint density at radius 1 is 1.07 bits per heavy atom. The third-order valence-electron chi connectivity index (χ3n) is 9.60. The highest BCUT2D eigenvalue weighted by molar-refractivity contribution is 8.02. The van der Waals surface area contributed by atoms with Crippen molar-refractivity contribution in [2.75, 3.05) is 31.1 Å². The fraction of sp³-hybridized carbons (Fsp3) is 0.594. The van der Waals surface area contributed by atoms with E-state index in [4.69, 9.17) is 0 Å². The number of anilines is 1. The molecule has 5 rings (SSSR count). The molecule has 216 valence electrons. The molecule has 1 aromatic carbocycles. The van der Waals surface area contributed by atoms with Gasteiger partial charge in [-0.1, -0.05) is 49.6 Å². The van der Waals surface area contributed by atoms with Gasteiger partial charge < -0.3 is 19.8 Å². The summed E-state index contributed by atoms with van der Waals surface area (Å²) in [5, 5.41) is 9.68. The van der Waals surface area contributed by atoms with Crippen LogP contribution >= 0.6 is 11.8 Å². The summed E-state index contributed by atoms with van der Waals surface area (Å²) in [5.41, 5.74) is 0.780. The molecule has 2 bridgehead atoms. The lowest BCUT2D eigenvalue weighted by atomic mass is 9.66. The van der Waals surface area contributed by atoms with Crippen LogP contribution < -0.4 is 4.90 Å². The molecule has 2 unspecified atom stereocenters. The van der Waals surface area contributed by atoms with E-state index in [0.717, 1.165) is 44.2 Å². The van der Waals surface area contributed by atoms with E-state index in [9.17, 15) is 19.5 Å². The summed E-state index contributed by atoms with van der Waals surface area (Å²) in [6.45, 7) is 11.0. The van der Waals surface area contributed by atoms with Gasteiger partial charge in [0.2, 0.25) is 17.7 Å². The summed E-state index contributed by atoms with van der Waals surface area (Å²) < 4.78 is -1.11. The Labute approximate surface area is 242 Å². The molecule has 1 saturated carbocycles. The number of carbonyl (C=O) groups is 3. The Bertz CT molecular complexity index is 1140. The Balaban J connectivity index is 1.55. The lowest BCUT2D eigenvalue weighted by molar-refractivity contribution is -0.144. The van der Waals surface area contributed by atoms with E-state index in [2.05, 4.69) is 20.1 Å². The standard InChI is InChI=1S/C32H43N3O4S/c1-4-19-33(23-13-8-6-9-14-23)28(37)25-26-29(38)35(21-12-22-36)27(32(26)18-17-31(25,3)40-32)30(39)34(20-5-2)24-15-10-7-11-16-24/h4-6,8-9,13-14,24-27,36H,1-2,7,10-12,15-22H2,3H3/t25-,26+,27?,31+,32?/m1/s1. The molecule has 40 heavy (non-hydrogen) atoms. The molecule has 4 aliphatic rings. The zero-order valence-electron chi connectivity index (χ0n) is 23.7. The van der Waals surface area contributed by atoms with Crippen LogP contribution in [0.15, 0.2) is 55.6 Å². The van der Waals surface area contributed by atoms with Crippen molar-refractivity contribution in [3.63, 3.8) is 0 Å². The Kier molecular flexibility index (Phi) is 8.48. The van der Waals surface area contributed by atoms with Crippen molar-refractivity contribution in [1.82, 2.24) is 9.80 Å². The van der Waals surface area contributed by atoms with Gasteiger partial charge in [0, 0.05) is 42.7 Å². The minimum absolute atomic E-state index is 0.0172. The van der Waals surface area contributed by atoms with Gasteiger partial charge in [0.05, 0.1) is 16.6 Å². The van der Waals surface area contributed by atoms with Gasteiger partial charge in [0.25, 0.3) is 0 Å². The number of thioether (sulfide) groups is 1. The minimum Gasteiger partial charge on any atom is -0.396 e. The lowest BCUT2D eigenvalue weighted by Gasteiger charge is -2.41. The molecule has 1 N–H and O–H groups in total. The quantitative estimate of drug-likeness (QED) is 0.402. The van der Waals surface area contributed by atoms with Crippen LogP contribution in [-0.4, -0.2) is 80.4 Å². The van der Waals surface area contributed by atoms with E-state index in [-0.39, 0.29) is 30.4 Å². The second-order valence-corrected chi connectivity index (χ2v) is 13.9. The second kappa shape index (κ2) is 11.7. The molecule has 7 nitrogen and oxygen atoms in total. The summed E-state index contributed by atoms with van der Waals surface area (Å²) in [4.78, 5) is 48.9. The lowest BCUT2D eigenvalue weighted by Crippen LogP contribution is -2.57. The molecule has 3 saturated heterocycles. The van der Waals surface area contributed by atoms with Gasteiger partial charge in [-0.05, 0) is 51.2 Å². The van der Waals surface area contributed by atoms with Gasteiger partial charge in [-0.25, -0.2) is 0 Å². The monoisotopic (exact) mass is 565 g/mol. The number of hydrogen-bond acceptors (Lipinski definition) is 5. The molecule has 3 amide bonds. The highest BCUT2D eigenvalue weighted by atomic mass is 32.2. The van der Waals surface area contributed by atoms with Gasteiger partial charge >= 0.3 is 0 Å². The SMILES string of the molecule is C=CCN(C(=O)[C@H]1[C@H]2C(=O)N(CCCO)C(C(=O)N(CC=C)C3CCCCC3)C23CC[C@]1(C)S3)c1ccccc1. The van der Waals surface area contributed by atoms with Crippen LogP contribution in [0.4, 0.5) is 5.69 Å². The Morgan fingerprint density at radius 3 is 2.42 bits per heavy atom. The largest absolute Gasteiger partial charge is 0.396 e. The van der Waals surface area contributed by atoms with E-state index < -0.39 is 27.4 Å². The van der Waals surface area contributed by atoms with Crippen molar-refractivity contribution in [1.29, 1.82) is 0 Å². The molecular formula is C32H43N3O4S. The third kappa shape index (κ3) is 4.71. The van der Waals surface area contributed by atoms with Crippen LogP contribution in [0.1, 0.15) is 58.3 Å². The van der Waals surface area contributed by atoms with Crippen LogP contribution in [-0.2, 0) is 14.4 Å². The molecule has 5 atom stereocenters. The van der Waals surface area contributed by atoms with Crippen LogP contribution in [0.25, 0.3) is 0 Å². The number of aliphatic hydroxyl groups excluding tert-OH is 1. The Hall–Kier alpha value is -2.58. The average Bonchev–Trinajstić information content (AvgIpc) is 3.54. The molecule has 3 heterocycles. The van der Waals surface area contributed by atoms with E-state index in [1.807, 2.05) is 35.2 Å². The number of aliphatic hydroxyl groups is 1. The van der Waals surface area contributed by atoms with Crippen LogP contribution in [0.3, 0.4) is 0 Å². The number of rotatable bonds is 11. The topological polar surface area (TPSA) is 81.2 Å². The first-order valence-electron chi connectivity index (χ1n) is 14.8. The van der Waals surface area contributed by atoms with E-state index in [0.29, 0.717) is 26.1 Å². The number of benzene rings is 1. The number of fused-ring (bicyclic) bond motifs is 1. The normalized spacial score (nSPS) is 31.2. The molecule has 0 radical (unpaired) electrons. The predicted octanol–water partition coefficient (Wildman–Crippen LogP) is 4.42. The molecule has 4 fully saturated rings. The maximum atomic E-state index is 14.6. The van der Waals surface area contributed by atoms with Gasteiger partial charge in [-0.3, -0.25) is 14.4 Å². The third-order valence-corrected chi connectivity index (χ3v) is 11.6. The fourth-order valence-corrected chi connectivity index (χ4v) is 10.2. The smallest absolute Gasteiger partial charge is 0.247 e. The molecule has 8 heteroatoms. The first-order valence-corrected chi connectivity index (χ1v) is 15.6. The highest BCUT2D eigenvalue weighted by Gasteiger charge is 2.77. The number of nitrogens with zero attached hydrogens (tertiary/aromatic N) is 3. The van der Waals surface area contributed by atoms with Crippen molar-refractivity contribution >= 4 is 35.2 Å². The van der Waals surface area contributed by atoms with Gasteiger partial charge in [0.15, 0.2) is 0 Å². The number of likely N-dealkylation sites (tertiary alicyclic amines) is 1.